The fourth-order valence-electron chi connectivity index (χ4n) is 2.06. The molecule has 0 saturated heterocycles. The molecule has 0 fully saturated rings. The van der Waals surface area contributed by atoms with Gasteiger partial charge in [0.15, 0.2) is 0 Å². The molecule has 1 aromatic carbocycles. The Morgan fingerprint density at radius 2 is 1.88 bits per heavy atom. The molecule has 0 aliphatic carbocycles. The van der Waals surface area contributed by atoms with E-state index < -0.39 is 10.0 Å². The van der Waals surface area contributed by atoms with E-state index in [1.54, 1.807) is 6.07 Å². The second-order valence-electron chi connectivity index (χ2n) is 5.61. The number of benzene rings is 1. The minimum absolute atomic E-state index is 0.0742. The molecule has 8 heteroatoms. The van der Waals surface area contributed by atoms with Gasteiger partial charge in [0.2, 0.25) is 15.9 Å². The van der Waals surface area contributed by atoms with Crippen LogP contribution in [0.4, 0.5) is 0 Å². The lowest BCUT2D eigenvalue weighted by molar-refractivity contribution is -0.119. The first-order valence-electron chi connectivity index (χ1n) is 7.66. The first-order chi connectivity index (χ1) is 11.8. The predicted molar refractivity (Wildman–Crippen MR) is 98.8 cm³/mol. The zero-order chi connectivity index (χ0) is 18.4. The molecule has 6 nitrogen and oxygen atoms in total. The van der Waals surface area contributed by atoms with E-state index in [1.165, 1.54) is 38.1 Å². The van der Waals surface area contributed by atoms with Gasteiger partial charge in [-0.25, -0.2) is 17.7 Å². The maximum absolute atomic E-state index is 12.1. The average Bonchev–Trinajstić information content (AvgIpc) is 2.61. The molecule has 1 aromatic heterocycles. The molecule has 0 unspecified atom stereocenters. The van der Waals surface area contributed by atoms with Crippen molar-refractivity contribution in [3.05, 3.63) is 54.2 Å². The number of carbonyl (C=O) groups excluding carboxylic acids is 1. The second kappa shape index (κ2) is 8.46. The molecule has 2 rings (SSSR count). The molecule has 1 heterocycles. The fourth-order valence-corrected chi connectivity index (χ4v) is 3.56. The van der Waals surface area contributed by atoms with Crippen LogP contribution in [-0.4, -0.2) is 43.5 Å². The highest BCUT2D eigenvalue weighted by Gasteiger charge is 2.17. The Morgan fingerprint density at radius 3 is 2.44 bits per heavy atom. The average molecular weight is 380 g/mol. The second-order valence-corrected chi connectivity index (χ2v) is 8.76. The van der Waals surface area contributed by atoms with Crippen molar-refractivity contribution >= 4 is 27.7 Å². The van der Waals surface area contributed by atoms with Crippen molar-refractivity contribution in [3.63, 3.8) is 0 Å². The van der Waals surface area contributed by atoms with Crippen LogP contribution in [0, 0.1) is 0 Å². The predicted octanol–water partition coefficient (Wildman–Crippen LogP) is 2.30. The van der Waals surface area contributed by atoms with Gasteiger partial charge in [-0.1, -0.05) is 42.1 Å². The number of thioether (sulfide) groups is 1. The summed E-state index contributed by atoms with van der Waals surface area (Å²) in [6.07, 6.45) is 1.31. The topological polar surface area (TPSA) is 79.4 Å². The van der Waals surface area contributed by atoms with Crippen molar-refractivity contribution < 1.29 is 13.2 Å². The molecule has 1 N–H and O–H groups in total. The summed E-state index contributed by atoms with van der Waals surface area (Å²) < 4.78 is 25.1. The molecule has 0 bridgehead atoms. The zero-order valence-corrected chi connectivity index (χ0v) is 16.0. The Balaban J connectivity index is 1.90. The van der Waals surface area contributed by atoms with E-state index in [0.717, 1.165) is 9.87 Å². The van der Waals surface area contributed by atoms with Crippen molar-refractivity contribution in [3.8, 4) is 0 Å². The minimum atomic E-state index is -3.49. The van der Waals surface area contributed by atoms with Gasteiger partial charge in [0.05, 0.1) is 16.8 Å². The summed E-state index contributed by atoms with van der Waals surface area (Å²) in [6, 6.07) is 12.7. The SMILES string of the molecule is C[C@H](NC(=O)CSc1ccc(S(=O)(=O)N(C)C)cn1)c1ccccc1. The van der Waals surface area contributed by atoms with Gasteiger partial charge in [0.25, 0.3) is 0 Å². The monoisotopic (exact) mass is 379 g/mol. The van der Waals surface area contributed by atoms with Gasteiger partial charge in [-0.2, -0.15) is 0 Å². The van der Waals surface area contributed by atoms with Crippen LogP contribution in [0.5, 0.6) is 0 Å². The standard InChI is InChI=1S/C17H21N3O3S2/c1-13(14-7-5-4-6-8-14)19-16(21)12-24-17-10-9-15(11-18-17)25(22,23)20(2)3/h4-11,13H,12H2,1-3H3,(H,19,21)/t13-/m0/s1. The van der Waals surface area contributed by atoms with Gasteiger partial charge in [-0.3, -0.25) is 4.79 Å². The van der Waals surface area contributed by atoms with Gasteiger partial charge in [-0.15, -0.1) is 0 Å². The van der Waals surface area contributed by atoms with Crippen LogP contribution in [0.3, 0.4) is 0 Å². The van der Waals surface area contributed by atoms with Crippen molar-refractivity contribution in [2.45, 2.75) is 22.9 Å². The van der Waals surface area contributed by atoms with E-state index in [9.17, 15) is 13.2 Å². The fraction of sp³-hybridized carbons (Fsp3) is 0.294. The molecule has 0 aliphatic rings. The molecule has 0 radical (unpaired) electrons. The normalized spacial score (nSPS) is 12.8. The van der Waals surface area contributed by atoms with Crippen molar-refractivity contribution in [2.75, 3.05) is 19.8 Å². The summed E-state index contributed by atoms with van der Waals surface area (Å²) in [5, 5.41) is 3.52. The third-order valence-electron chi connectivity index (χ3n) is 3.52. The Labute approximate surface area is 152 Å². The van der Waals surface area contributed by atoms with E-state index in [-0.39, 0.29) is 22.6 Å². The highest BCUT2D eigenvalue weighted by atomic mass is 32.2. The number of amides is 1. The largest absolute Gasteiger partial charge is 0.349 e. The van der Waals surface area contributed by atoms with E-state index in [4.69, 9.17) is 0 Å². The highest BCUT2D eigenvalue weighted by Crippen LogP contribution is 2.19. The molecule has 134 valence electrons. The van der Waals surface area contributed by atoms with Gasteiger partial charge in [0.1, 0.15) is 4.90 Å². The van der Waals surface area contributed by atoms with Crippen molar-refractivity contribution in [1.82, 2.24) is 14.6 Å². The molecule has 25 heavy (non-hydrogen) atoms. The summed E-state index contributed by atoms with van der Waals surface area (Å²) in [7, 11) is -0.552. The lowest BCUT2D eigenvalue weighted by Crippen LogP contribution is -2.28. The maximum atomic E-state index is 12.1. The minimum Gasteiger partial charge on any atom is -0.349 e. The lowest BCUT2D eigenvalue weighted by atomic mass is 10.1. The van der Waals surface area contributed by atoms with Gasteiger partial charge >= 0.3 is 0 Å². The number of nitrogens with zero attached hydrogens (tertiary/aromatic N) is 2. The molecule has 2 aromatic rings. The number of pyridine rings is 1. The van der Waals surface area contributed by atoms with Crippen LogP contribution >= 0.6 is 11.8 Å². The van der Waals surface area contributed by atoms with E-state index in [0.29, 0.717) is 5.03 Å². The first-order valence-corrected chi connectivity index (χ1v) is 10.1. The Morgan fingerprint density at radius 1 is 1.20 bits per heavy atom. The van der Waals surface area contributed by atoms with Crippen LogP contribution in [0.2, 0.25) is 0 Å². The third kappa shape index (κ3) is 5.29. The summed E-state index contributed by atoms with van der Waals surface area (Å²) >= 11 is 1.26. The summed E-state index contributed by atoms with van der Waals surface area (Å²) in [5.41, 5.74) is 1.04. The highest BCUT2D eigenvalue weighted by molar-refractivity contribution is 7.99. The van der Waals surface area contributed by atoms with Crippen LogP contribution in [0.15, 0.2) is 58.6 Å². The smallest absolute Gasteiger partial charge is 0.244 e. The summed E-state index contributed by atoms with van der Waals surface area (Å²) in [4.78, 5) is 16.3. The van der Waals surface area contributed by atoms with Crippen LogP contribution in [0.1, 0.15) is 18.5 Å². The van der Waals surface area contributed by atoms with Gasteiger partial charge in [-0.05, 0) is 24.6 Å². The molecule has 0 aliphatic heterocycles. The Kier molecular flexibility index (Phi) is 6.57. The number of nitrogens with one attached hydrogen (secondary N) is 1. The van der Waals surface area contributed by atoms with Crippen LogP contribution in [-0.2, 0) is 14.8 Å². The zero-order valence-electron chi connectivity index (χ0n) is 14.3. The van der Waals surface area contributed by atoms with Gasteiger partial charge in [0, 0.05) is 20.3 Å². The van der Waals surface area contributed by atoms with Gasteiger partial charge < -0.3 is 5.32 Å². The Hall–Kier alpha value is -1.90. The number of rotatable bonds is 7. The lowest BCUT2D eigenvalue weighted by Gasteiger charge is -2.14. The van der Waals surface area contributed by atoms with Crippen LogP contribution < -0.4 is 5.32 Å². The molecular formula is C17H21N3O3S2. The number of sulfonamides is 1. The number of aromatic nitrogens is 1. The maximum Gasteiger partial charge on any atom is 0.244 e. The molecule has 1 amide bonds. The Bertz CT molecular complexity index is 807. The molecule has 0 spiro atoms. The third-order valence-corrected chi connectivity index (χ3v) is 6.26. The van der Waals surface area contributed by atoms with E-state index in [1.807, 2.05) is 37.3 Å². The molecule has 0 saturated carbocycles. The molecular weight excluding hydrogens is 358 g/mol. The van der Waals surface area contributed by atoms with E-state index >= 15 is 0 Å². The van der Waals surface area contributed by atoms with Crippen LogP contribution in [0.25, 0.3) is 0 Å². The first kappa shape index (κ1) is 19.4. The molecule has 1 atom stereocenters. The number of carbonyl (C=O) groups is 1. The van der Waals surface area contributed by atoms with Crippen molar-refractivity contribution in [1.29, 1.82) is 0 Å². The number of hydrogen-bond acceptors (Lipinski definition) is 5. The number of hydrogen-bond donors (Lipinski definition) is 1. The summed E-state index contributed by atoms with van der Waals surface area (Å²) in [6.45, 7) is 1.93. The quantitative estimate of drug-likeness (QED) is 0.747. The van der Waals surface area contributed by atoms with Crippen molar-refractivity contribution in [2.24, 2.45) is 0 Å². The van der Waals surface area contributed by atoms with E-state index in [2.05, 4.69) is 10.3 Å². The summed E-state index contributed by atoms with van der Waals surface area (Å²) in [5.74, 6) is 0.109.